The molecule has 0 aromatic heterocycles. The Bertz CT molecular complexity index is 1300. The molecule has 4 nitrogen and oxygen atoms in total. The van der Waals surface area contributed by atoms with E-state index >= 15 is 0 Å². The topological polar surface area (TPSA) is 47.6 Å². The van der Waals surface area contributed by atoms with E-state index in [1.54, 1.807) is 12.1 Å². The minimum atomic E-state index is -4.58. The van der Waals surface area contributed by atoms with Gasteiger partial charge in [-0.25, -0.2) is 0 Å². The monoisotopic (exact) mass is 451 g/mol. The van der Waals surface area contributed by atoms with E-state index in [-0.39, 0.29) is 17.9 Å². The molecule has 0 aliphatic heterocycles. The fraction of sp³-hybridized carbons (Fsp3) is 0.115. The maximum Gasteiger partial charge on any atom is 0.418 e. The van der Waals surface area contributed by atoms with Gasteiger partial charge < -0.3 is 14.8 Å². The minimum absolute atomic E-state index is 0.109. The van der Waals surface area contributed by atoms with Gasteiger partial charge in [0.2, 0.25) is 0 Å². The van der Waals surface area contributed by atoms with Crippen LogP contribution < -0.4 is 14.8 Å². The summed E-state index contributed by atoms with van der Waals surface area (Å²) in [6, 6.07) is 23.0. The van der Waals surface area contributed by atoms with E-state index in [1.165, 1.54) is 31.4 Å². The first-order valence-corrected chi connectivity index (χ1v) is 10.1. The number of fused-ring (bicyclic) bond motifs is 1. The average molecular weight is 451 g/mol. The molecule has 0 radical (unpaired) electrons. The summed E-state index contributed by atoms with van der Waals surface area (Å²) in [6.45, 7) is 0.109. The Morgan fingerprint density at radius 2 is 1.61 bits per heavy atom. The van der Waals surface area contributed by atoms with Crippen LogP contribution in [-0.4, -0.2) is 13.0 Å². The highest BCUT2D eigenvalue weighted by molar-refractivity contribution is 6.05. The summed E-state index contributed by atoms with van der Waals surface area (Å²) in [5.74, 6) is 0.507. The first kappa shape index (κ1) is 22.2. The number of benzene rings is 4. The average Bonchev–Trinajstić information content (AvgIpc) is 2.82. The lowest BCUT2D eigenvalue weighted by Gasteiger charge is -2.15. The summed E-state index contributed by atoms with van der Waals surface area (Å²) < 4.78 is 51.1. The van der Waals surface area contributed by atoms with Gasteiger partial charge >= 0.3 is 6.18 Å². The molecule has 4 aromatic rings. The highest BCUT2D eigenvalue weighted by Crippen LogP contribution is 2.35. The van der Waals surface area contributed by atoms with Crippen LogP contribution in [0.3, 0.4) is 0 Å². The van der Waals surface area contributed by atoms with E-state index in [0.29, 0.717) is 17.1 Å². The van der Waals surface area contributed by atoms with Gasteiger partial charge in [-0.1, -0.05) is 48.5 Å². The predicted octanol–water partition coefficient (Wildman–Crippen LogP) is 6.70. The molecule has 0 fully saturated rings. The zero-order chi connectivity index (χ0) is 23.4. The number of methoxy groups -OCH3 is 1. The summed E-state index contributed by atoms with van der Waals surface area (Å²) in [4.78, 5) is 12.7. The SMILES string of the molecule is COc1ccc(C(=O)Nc2ccccc2C(F)(F)F)cc1COc1cccc2ccccc12. The Balaban J connectivity index is 1.58. The predicted molar refractivity (Wildman–Crippen MR) is 121 cm³/mol. The lowest BCUT2D eigenvalue weighted by atomic mass is 10.1. The Hall–Kier alpha value is -4.00. The molecule has 1 amide bonds. The van der Waals surface area contributed by atoms with Crippen LogP contribution in [0.5, 0.6) is 11.5 Å². The van der Waals surface area contributed by atoms with Crippen molar-refractivity contribution in [1.82, 2.24) is 0 Å². The van der Waals surface area contributed by atoms with Gasteiger partial charge in [0.15, 0.2) is 0 Å². The minimum Gasteiger partial charge on any atom is -0.496 e. The quantitative estimate of drug-likeness (QED) is 0.355. The van der Waals surface area contributed by atoms with Crippen LogP contribution in [0.25, 0.3) is 10.8 Å². The van der Waals surface area contributed by atoms with Crippen LogP contribution in [-0.2, 0) is 12.8 Å². The number of para-hydroxylation sites is 1. The fourth-order valence-electron chi connectivity index (χ4n) is 3.54. The van der Waals surface area contributed by atoms with Crippen molar-refractivity contribution in [3.8, 4) is 11.5 Å². The third-order valence-corrected chi connectivity index (χ3v) is 5.16. The number of rotatable bonds is 6. The van der Waals surface area contributed by atoms with Crippen LogP contribution in [0.4, 0.5) is 18.9 Å². The molecule has 0 heterocycles. The number of hydrogen-bond donors (Lipinski definition) is 1. The molecular weight excluding hydrogens is 431 g/mol. The van der Waals surface area contributed by atoms with Crippen LogP contribution in [0.2, 0.25) is 0 Å². The number of carbonyl (C=O) groups is 1. The second kappa shape index (κ2) is 9.24. The second-order valence-corrected chi connectivity index (χ2v) is 7.29. The van der Waals surface area contributed by atoms with E-state index in [1.807, 2.05) is 42.5 Å². The third-order valence-electron chi connectivity index (χ3n) is 5.16. The van der Waals surface area contributed by atoms with Gasteiger partial charge in [0.25, 0.3) is 5.91 Å². The molecule has 0 bridgehead atoms. The van der Waals surface area contributed by atoms with Crippen molar-refractivity contribution < 1.29 is 27.4 Å². The largest absolute Gasteiger partial charge is 0.496 e. The molecule has 0 atom stereocenters. The number of hydrogen-bond acceptors (Lipinski definition) is 3. The summed E-state index contributed by atoms with van der Waals surface area (Å²) in [6.07, 6.45) is -4.58. The van der Waals surface area contributed by atoms with E-state index in [0.717, 1.165) is 16.8 Å². The van der Waals surface area contributed by atoms with Crippen LogP contribution in [0.15, 0.2) is 84.9 Å². The van der Waals surface area contributed by atoms with Gasteiger partial charge in [0.1, 0.15) is 18.1 Å². The summed E-state index contributed by atoms with van der Waals surface area (Å²) in [5, 5.41) is 4.32. The molecule has 0 saturated heterocycles. The first-order chi connectivity index (χ1) is 15.9. The van der Waals surface area contributed by atoms with Crippen LogP contribution in [0.1, 0.15) is 21.5 Å². The zero-order valence-corrected chi connectivity index (χ0v) is 17.6. The summed E-state index contributed by atoms with van der Waals surface area (Å²) in [5.41, 5.74) is -0.447. The van der Waals surface area contributed by atoms with Crippen molar-refractivity contribution in [2.75, 3.05) is 12.4 Å². The van der Waals surface area contributed by atoms with Crippen molar-refractivity contribution in [1.29, 1.82) is 0 Å². The molecule has 0 aliphatic carbocycles. The molecule has 0 spiro atoms. The molecule has 0 aliphatic rings. The van der Waals surface area contributed by atoms with Crippen molar-refractivity contribution in [2.45, 2.75) is 12.8 Å². The molecular formula is C26H20F3NO3. The molecule has 168 valence electrons. The number of halogens is 3. The van der Waals surface area contributed by atoms with Gasteiger partial charge in [-0.05, 0) is 41.8 Å². The Morgan fingerprint density at radius 1 is 0.879 bits per heavy atom. The van der Waals surface area contributed by atoms with Crippen molar-refractivity contribution in [3.63, 3.8) is 0 Å². The molecule has 0 unspecified atom stereocenters. The lowest BCUT2D eigenvalue weighted by Crippen LogP contribution is -2.17. The lowest BCUT2D eigenvalue weighted by molar-refractivity contribution is -0.136. The van der Waals surface area contributed by atoms with Gasteiger partial charge in [-0.2, -0.15) is 13.2 Å². The van der Waals surface area contributed by atoms with Crippen LogP contribution >= 0.6 is 0 Å². The number of carbonyl (C=O) groups excluding carboxylic acids is 1. The van der Waals surface area contributed by atoms with Crippen molar-refractivity contribution >= 4 is 22.4 Å². The van der Waals surface area contributed by atoms with E-state index in [9.17, 15) is 18.0 Å². The number of alkyl halides is 3. The summed E-state index contributed by atoms with van der Waals surface area (Å²) in [7, 11) is 1.50. The molecule has 4 rings (SSSR count). The van der Waals surface area contributed by atoms with E-state index in [4.69, 9.17) is 9.47 Å². The number of ether oxygens (including phenoxy) is 2. The molecule has 4 aromatic carbocycles. The second-order valence-electron chi connectivity index (χ2n) is 7.29. The third kappa shape index (κ3) is 4.92. The highest BCUT2D eigenvalue weighted by Gasteiger charge is 2.33. The molecule has 1 N–H and O–H groups in total. The highest BCUT2D eigenvalue weighted by atomic mass is 19.4. The van der Waals surface area contributed by atoms with Crippen LogP contribution in [0, 0.1) is 0 Å². The van der Waals surface area contributed by atoms with E-state index in [2.05, 4.69) is 5.32 Å². The van der Waals surface area contributed by atoms with Crippen molar-refractivity contribution in [2.24, 2.45) is 0 Å². The van der Waals surface area contributed by atoms with E-state index < -0.39 is 17.6 Å². The normalized spacial score (nSPS) is 11.3. The maximum atomic E-state index is 13.3. The Kier molecular flexibility index (Phi) is 6.22. The fourth-order valence-corrected chi connectivity index (χ4v) is 3.54. The maximum absolute atomic E-state index is 13.3. The number of amides is 1. The van der Waals surface area contributed by atoms with Gasteiger partial charge in [0.05, 0.1) is 18.4 Å². The van der Waals surface area contributed by atoms with Gasteiger partial charge in [-0.3, -0.25) is 4.79 Å². The molecule has 33 heavy (non-hydrogen) atoms. The van der Waals surface area contributed by atoms with Gasteiger partial charge in [-0.15, -0.1) is 0 Å². The Morgan fingerprint density at radius 3 is 2.39 bits per heavy atom. The first-order valence-electron chi connectivity index (χ1n) is 10.1. The molecule has 0 saturated carbocycles. The number of anilines is 1. The van der Waals surface area contributed by atoms with Gasteiger partial charge in [0, 0.05) is 16.5 Å². The smallest absolute Gasteiger partial charge is 0.418 e. The molecule has 7 heteroatoms. The summed E-state index contributed by atoms with van der Waals surface area (Å²) >= 11 is 0. The number of nitrogens with one attached hydrogen (secondary N) is 1. The standard InChI is InChI=1S/C26H20F3NO3/c1-32-23-14-13-18(25(31)30-22-11-5-4-10-21(22)26(27,28)29)15-19(23)16-33-24-12-6-8-17-7-2-3-9-20(17)24/h2-15H,16H2,1H3,(H,30,31). The zero-order valence-electron chi connectivity index (χ0n) is 17.6. The Labute approximate surface area is 188 Å². The van der Waals surface area contributed by atoms with Crippen molar-refractivity contribution in [3.05, 3.63) is 102 Å².